The molecule has 6 heterocycles. The van der Waals surface area contributed by atoms with Gasteiger partial charge in [-0.25, -0.2) is 9.97 Å². The van der Waals surface area contributed by atoms with Crippen molar-refractivity contribution in [1.29, 1.82) is 0 Å². The van der Waals surface area contributed by atoms with Crippen LogP contribution in [0.3, 0.4) is 0 Å². The Bertz CT molecular complexity index is 4150. The molecule has 5 aliphatic rings. The van der Waals surface area contributed by atoms with Crippen LogP contribution in [-0.2, 0) is 56.8 Å². The Balaban J connectivity index is 0.911. The number of fused-ring (bicyclic) bond motifs is 2. The van der Waals surface area contributed by atoms with Gasteiger partial charge in [0.25, 0.3) is 5.91 Å². The number of nitrogens with one attached hydrogen (secondary N) is 6. The molecular weight excluding hydrogens is 1390 g/mol. The van der Waals surface area contributed by atoms with Crippen LogP contribution in [0.5, 0.6) is 17.2 Å². The molecule has 0 spiro atoms. The molecule has 5 aromatic rings. The third-order valence-corrected chi connectivity index (χ3v) is 19.7. The molecule has 13 atom stereocenters. The number of amides is 8. The van der Waals surface area contributed by atoms with Crippen molar-refractivity contribution in [1.82, 2.24) is 56.6 Å². The van der Waals surface area contributed by atoms with Gasteiger partial charge in [-0.15, -0.1) is 0 Å². The van der Waals surface area contributed by atoms with Crippen molar-refractivity contribution in [3.05, 3.63) is 126 Å². The number of aliphatic hydroxyl groups is 6. The average Bonchev–Trinajstić information content (AvgIpc) is 1.66. The summed E-state index contributed by atoms with van der Waals surface area (Å²) in [6, 6.07) is 11.6. The van der Waals surface area contributed by atoms with Crippen molar-refractivity contribution in [2.75, 3.05) is 77.0 Å². The first kappa shape index (κ1) is 77.9. The lowest BCUT2D eigenvalue weighted by atomic mass is 9.91. The van der Waals surface area contributed by atoms with Crippen LogP contribution in [0, 0.1) is 5.92 Å². The van der Waals surface area contributed by atoms with Crippen LogP contribution in [-0.4, -0.2) is 266 Å². The molecule has 0 aliphatic carbocycles. The fourth-order valence-electron chi connectivity index (χ4n) is 13.7. The number of piperazine rings is 1. The Morgan fingerprint density at radius 2 is 1.44 bits per heavy atom. The van der Waals surface area contributed by atoms with Gasteiger partial charge in [-0.1, -0.05) is 61.5 Å². The number of aromatic nitrogens is 2. The summed E-state index contributed by atoms with van der Waals surface area (Å²) in [5.41, 5.74) is 11.0. The normalized spacial score (nSPS) is 25.0. The topological polar surface area (TPSA) is 488 Å². The Morgan fingerprint density at radius 3 is 2.11 bits per heavy atom. The molecule has 0 unspecified atom stereocenters. The van der Waals surface area contributed by atoms with Gasteiger partial charge in [0.2, 0.25) is 41.4 Å². The largest absolute Gasteiger partial charge is 0.504 e. The summed E-state index contributed by atoms with van der Waals surface area (Å²) < 4.78 is 42.7. The molecule has 10 rings (SSSR count). The number of benzene rings is 4. The maximum atomic E-state index is 15.0. The molecule has 16 N–H and O–H groups in total. The molecule has 1 aromatic heterocycles. The number of carbonyl (C=O) groups is 8. The fourth-order valence-corrected chi connectivity index (χ4v) is 14.0. The van der Waals surface area contributed by atoms with Crippen molar-refractivity contribution in [2.45, 2.75) is 132 Å². The highest BCUT2D eigenvalue weighted by atomic mass is 32.3. The van der Waals surface area contributed by atoms with Gasteiger partial charge in [-0.05, 0) is 103 Å². The lowest BCUT2D eigenvalue weighted by molar-refractivity contribution is -0.147. The molecule has 8 amide bonds. The van der Waals surface area contributed by atoms with Crippen LogP contribution < -0.4 is 51.5 Å². The van der Waals surface area contributed by atoms with E-state index >= 15 is 4.79 Å². The van der Waals surface area contributed by atoms with E-state index in [9.17, 15) is 82.3 Å². The summed E-state index contributed by atoms with van der Waals surface area (Å²) in [6.07, 6.45) is -7.32. The summed E-state index contributed by atoms with van der Waals surface area (Å²) in [4.78, 5) is 131. The second-order valence-corrected chi connectivity index (χ2v) is 27.9. The van der Waals surface area contributed by atoms with Crippen LogP contribution in [0.1, 0.15) is 73.5 Å². The zero-order chi connectivity index (χ0) is 75.6. The summed E-state index contributed by atoms with van der Waals surface area (Å²) in [7, 11) is -5.25. The number of primary amides is 1. The number of phenolic OH excluding ortho intramolecular Hbond substituents is 1. The molecule has 4 aromatic carbocycles. The van der Waals surface area contributed by atoms with Crippen molar-refractivity contribution in [2.24, 2.45) is 11.7 Å². The van der Waals surface area contributed by atoms with Gasteiger partial charge >= 0.3 is 10.4 Å². The van der Waals surface area contributed by atoms with Gasteiger partial charge in [0.1, 0.15) is 42.0 Å². The van der Waals surface area contributed by atoms with Crippen LogP contribution >= 0.6 is 0 Å². The molecule has 5 aliphatic heterocycles. The maximum absolute atomic E-state index is 15.0. The molecule has 4 saturated heterocycles. The Kier molecular flexibility index (Phi) is 25.5. The molecule has 0 bridgehead atoms. The lowest BCUT2D eigenvalue weighted by Crippen LogP contribution is -2.64. The van der Waals surface area contributed by atoms with Crippen molar-refractivity contribution >= 4 is 68.9 Å². The number of rotatable bonds is 20. The molecule has 4 fully saturated rings. The van der Waals surface area contributed by atoms with E-state index in [1.165, 1.54) is 12.5 Å². The van der Waals surface area contributed by atoms with E-state index in [4.69, 9.17) is 20.4 Å². The number of hydrogen-bond donors (Lipinski definition) is 15. The van der Waals surface area contributed by atoms with Crippen molar-refractivity contribution < 1.29 is 96.0 Å². The van der Waals surface area contributed by atoms with Gasteiger partial charge in [-0.2, -0.15) is 8.42 Å². The molecule has 0 radical (unpaired) electrons. The van der Waals surface area contributed by atoms with E-state index in [1.807, 2.05) is 67.9 Å². The monoisotopic (exact) mass is 1480 g/mol. The summed E-state index contributed by atoms with van der Waals surface area (Å²) >= 11 is 0. The van der Waals surface area contributed by atoms with Gasteiger partial charge in [0.15, 0.2) is 17.3 Å². The molecule has 564 valence electrons. The van der Waals surface area contributed by atoms with Crippen LogP contribution in [0.2, 0.25) is 0 Å². The molecule has 33 nitrogen and oxygen atoms in total. The smallest absolute Gasteiger partial charge is 0.446 e. The average molecular weight is 1480 g/mol. The van der Waals surface area contributed by atoms with Crippen LogP contribution in [0.25, 0.3) is 28.1 Å². The fraction of sp³-hybridized carbons (Fsp3) is 0.465. The molecule has 34 heteroatoms. The summed E-state index contributed by atoms with van der Waals surface area (Å²) in [6.45, 7) is 8.65. The highest BCUT2D eigenvalue weighted by Gasteiger charge is 2.50. The quantitative estimate of drug-likeness (QED) is 0.0363. The zero-order valence-electron chi connectivity index (χ0n) is 58.0. The van der Waals surface area contributed by atoms with Gasteiger partial charge < -0.3 is 97.0 Å². The van der Waals surface area contributed by atoms with E-state index in [0.29, 0.717) is 43.1 Å². The number of β-amino-alcohol motifs (C(OH)–C–C–N with tert-alkyl or cyclic N) is 1. The number of carbonyl (C=O) groups excluding carboxylic acids is 8. The summed E-state index contributed by atoms with van der Waals surface area (Å²) in [5, 5.41) is 94.8. The van der Waals surface area contributed by atoms with E-state index in [2.05, 4.69) is 58.0 Å². The highest BCUT2D eigenvalue weighted by Crippen LogP contribution is 2.34. The molecule has 0 saturated carbocycles. The minimum Gasteiger partial charge on any atom is -0.504 e. The number of aliphatic hydroxyl groups excluding tert-OH is 6. The van der Waals surface area contributed by atoms with E-state index in [1.54, 1.807) is 12.1 Å². The van der Waals surface area contributed by atoms with Gasteiger partial charge in [0.05, 0.1) is 67.7 Å². The zero-order valence-corrected chi connectivity index (χ0v) is 58.8. The number of nitrogens with two attached hydrogens (primary N) is 1. The maximum Gasteiger partial charge on any atom is 0.446 e. The summed E-state index contributed by atoms with van der Waals surface area (Å²) in [5.74, 6) is -10.9. The Labute approximate surface area is 605 Å². The number of anilines is 1. The second kappa shape index (κ2) is 34.4. The minimum atomic E-state index is -5.25. The first-order valence-electron chi connectivity index (χ1n) is 34.6. The number of hydrogen-bond acceptors (Lipinski definition) is 24. The van der Waals surface area contributed by atoms with E-state index < -0.39 is 193 Å². The lowest BCUT2D eigenvalue weighted by Gasteiger charge is -2.35. The number of ether oxygens (including phenoxy) is 1. The van der Waals surface area contributed by atoms with Crippen molar-refractivity contribution in [3.8, 4) is 39.8 Å². The molecule has 105 heavy (non-hydrogen) atoms. The highest BCUT2D eigenvalue weighted by molar-refractivity contribution is 7.81. The first-order chi connectivity index (χ1) is 50.0. The minimum absolute atomic E-state index is 0.0757. The van der Waals surface area contributed by atoms with E-state index in [-0.39, 0.29) is 11.1 Å². The number of phenols is 1. The second-order valence-electron chi connectivity index (χ2n) is 26.9. The Morgan fingerprint density at radius 1 is 0.752 bits per heavy atom. The van der Waals surface area contributed by atoms with Gasteiger partial charge in [-0.3, -0.25) is 47.8 Å². The van der Waals surface area contributed by atoms with Crippen LogP contribution in [0.4, 0.5) is 5.69 Å². The molecular formula is C71H89N13O20S. The third kappa shape index (κ3) is 19.6. The standard InChI is InChI=1S/C71H89N13O20S/c1-4-103-49-7-5-6-40(26-49)18-21-81-22-24-82(25-23-81)46-33-74-64(75-34-46)44-11-9-42(10-12-44)45-13-14-50(51(29-45)43-16-19-73-20-17-43)65(93)77-52-30-47(86)35-76-69(97)62-63(92)38(2)36-84(62)71(99)61(56(90)32-58(72)91)80-68(96)60(55(89)27-41-8-15-54(88)57(28-41)104-105(100,101)102)79-67(95)53-31-48(87)37-83(53)70(98)59(39(3)85)78-66(52)94/h5-16,26,28-29,33-34,38-39,47-48,52-53,55-56,59-63,73,85-90,92H,4,17-25,27,30-32,35-37H2,1-3H3,(H2,72,91)(H,76,97)(H,77,93)(H,78,94)(H,79,95)(H,80,96)(H,100,101,102)/t38-,39+,47+,48+,52-,53-,55+,56+,59-,60-,61-,62-,63-/m0/s1. The van der Waals surface area contributed by atoms with E-state index in [0.717, 1.165) is 102 Å². The van der Waals surface area contributed by atoms with Crippen molar-refractivity contribution in [3.63, 3.8) is 0 Å². The Hall–Kier alpha value is -9.75. The predicted octanol–water partition coefficient (Wildman–Crippen LogP) is -2.34. The SMILES string of the molecule is CCOc1cccc(CCN2CCN(c3cnc(-c4ccc(-c5ccc(C(=O)N[C@H]6C[C@@H](O)CNC(=O)[C@@H]7[C@@H](O)[C@@H](C)CN7C(=O)[C@H]([C@H](O)CC(N)=O)NC(=O)[C@H]([C@H](O)Cc7ccc(O)c(OS(=O)(=O)O)c7)NC(=O)[C@@H]7C[C@@H](O)CN7C(=O)[C@H]([C@@H](C)O)NC6=O)c(C6=CCNCC6)c5)cc4)nc3)CC2)c1. The third-order valence-electron chi connectivity index (χ3n) is 19.3. The first-order valence-corrected chi connectivity index (χ1v) is 36.0. The van der Waals surface area contributed by atoms with Gasteiger partial charge in [0, 0.05) is 95.2 Å². The number of nitrogens with zero attached hydrogens (tertiary/aromatic N) is 6. The number of aromatic hydroxyl groups is 1. The van der Waals surface area contributed by atoms with Crippen LogP contribution in [0.15, 0.2) is 103 Å². The predicted molar refractivity (Wildman–Crippen MR) is 377 cm³/mol.